The largest absolute Gasteiger partial charge is 0.373 e. The van der Waals surface area contributed by atoms with Crippen LogP contribution in [0.3, 0.4) is 0 Å². The highest BCUT2D eigenvalue weighted by Gasteiger charge is 2.29. The van der Waals surface area contributed by atoms with Crippen LogP contribution in [0.5, 0.6) is 0 Å². The van der Waals surface area contributed by atoms with Gasteiger partial charge in [0.1, 0.15) is 16.1 Å². The summed E-state index contributed by atoms with van der Waals surface area (Å²) in [5.41, 5.74) is 4.94. The molecule has 0 saturated heterocycles. The molecule has 0 radical (unpaired) electrons. The van der Waals surface area contributed by atoms with E-state index in [4.69, 9.17) is 19.6 Å². The Morgan fingerprint density at radius 1 is 0.659 bits per heavy atom. The minimum atomic E-state index is -1.77. The van der Waals surface area contributed by atoms with E-state index in [9.17, 15) is 9.59 Å². The highest BCUT2D eigenvalue weighted by Crippen LogP contribution is 2.19. The maximum atomic E-state index is 12.7. The summed E-state index contributed by atoms with van der Waals surface area (Å²) in [6.07, 6.45) is 3.21. The van der Waals surface area contributed by atoms with E-state index in [1.807, 2.05) is 24.3 Å². The van der Waals surface area contributed by atoms with E-state index in [0.29, 0.717) is 17.5 Å². The number of unbranched alkanes of at least 4 members (excludes halogenated alkanes) is 3. The maximum Gasteiger partial charge on any atom is 0.373 e. The molecule has 6 nitrogen and oxygen atoms in total. The van der Waals surface area contributed by atoms with Crippen LogP contribution in [0.25, 0.3) is 0 Å². The molecule has 2 aromatic rings. The Bertz CT molecular complexity index is 1020. The fraction of sp³-hybridized carbons (Fsp3) is 0.455. The van der Waals surface area contributed by atoms with Crippen LogP contribution in [-0.2, 0) is 19.6 Å². The standard InChI is InChI=1S/C33H48O6Si2/c1-8-15-16-17-18-31(36-38-32(34)27-19-23-29(24-20-27)40(9-2,10-3)11-4)37-39-33(35)28-21-25-30(26-22-28)41(12-5,13-6)14-7/h9,12,19-26,31H,2,5,8,10-11,13-18H2,1,3-4,6-7H3. The molecule has 0 fully saturated rings. The quantitative estimate of drug-likeness (QED) is 0.0544. The zero-order valence-corrected chi connectivity index (χ0v) is 27.6. The Kier molecular flexibility index (Phi) is 14.5. The van der Waals surface area contributed by atoms with E-state index < -0.39 is 34.4 Å². The number of hydrogen-bond donors (Lipinski definition) is 0. The molecule has 0 unspecified atom stereocenters. The van der Waals surface area contributed by atoms with Gasteiger partial charge in [-0.1, -0.05) is 124 Å². The highest BCUT2D eigenvalue weighted by molar-refractivity contribution is 6.96. The fourth-order valence-corrected chi connectivity index (χ4v) is 11.1. The lowest BCUT2D eigenvalue weighted by Crippen LogP contribution is -2.44. The minimum Gasteiger partial charge on any atom is -0.290 e. The minimum absolute atomic E-state index is 0.369. The van der Waals surface area contributed by atoms with Gasteiger partial charge in [-0.15, -0.1) is 22.9 Å². The summed E-state index contributed by atoms with van der Waals surface area (Å²) in [7, 11) is -3.54. The Labute approximate surface area is 248 Å². The van der Waals surface area contributed by atoms with Gasteiger partial charge >= 0.3 is 11.9 Å². The lowest BCUT2D eigenvalue weighted by molar-refractivity contribution is -0.421. The van der Waals surface area contributed by atoms with Crippen molar-refractivity contribution in [2.75, 3.05) is 0 Å². The van der Waals surface area contributed by atoms with Crippen molar-refractivity contribution >= 4 is 38.5 Å². The summed E-state index contributed by atoms with van der Waals surface area (Å²) in [5, 5.41) is 2.46. The van der Waals surface area contributed by atoms with Crippen LogP contribution < -0.4 is 10.4 Å². The van der Waals surface area contributed by atoms with Crippen molar-refractivity contribution in [3.8, 4) is 0 Å². The van der Waals surface area contributed by atoms with Gasteiger partial charge in [0.15, 0.2) is 0 Å². The van der Waals surface area contributed by atoms with Crippen molar-refractivity contribution in [1.82, 2.24) is 0 Å². The number of hydrogen-bond acceptors (Lipinski definition) is 6. The van der Waals surface area contributed by atoms with Crippen LogP contribution in [0.4, 0.5) is 0 Å². The van der Waals surface area contributed by atoms with Gasteiger partial charge in [-0.05, 0) is 30.7 Å². The van der Waals surface area contributed by atoms with Gasteiger partial charge in [-0.25, -0.2) is 9.59 Å². The third-order valence-corrected chi connectivity index (χ3v) is 18.0. The highest BCUT2D eigenvalue weighted by atomic mass is 28.3. The molecule has 0 N–H and O–H groups in total. The molecule has 0 aromatic heterocycles. The summed E-state index contributed by atoms with van der Waals surface area (Å²) >= 11 is 0. The first-order valence-electron chi connectivity index (χ1n) is 15.0. The van der Waals surface area contributed by atoms with E-state index in [-0.39, 0.29) is 0 Å². The SMILES string of the molecule is C=C[Si](CC)(CC)c1ccc(C(=O)OOC(CCCCCC)OOC(=O)c2ccc([Si](C=C)(CC)CC)cc2)cc1. The second-order valence-electron chi connectivity index (χ2n) is 10.5. The van der Waals surface area contributed by atoms with Gasteiger partial charge < -0.3 is 0 Å². The first-order chi connectivity index (χ1) is 19.8. The van der Waals surface area contributed by atoms with Crippen molar-refractivity contribution < 1.29 is 29.1 Å². The Balaban J connectivity index is 2.04. The first kappa shape index (κ1) is 34.4. The molecule has 2 aromatic carbocycles. The number of benzene rings is 2. The smallest absolute Gasteiger partial charge is 0.290 e. The molecule has 0 aliphatic rings. The molecular weight excluding hydrogens is 549 g/mol. The fourth-order valence-electron chi connectivity index (χ4n) is 5.15. The average Bonchev–Trinajstić information content (AvgIpc) is 3.02. The Morgan fingerprint density at radius 2 is 1.05 bits per heavy atom. The van der Waals surface area contributed by atoms with Crippen molar-refractivity contribution in [3.05, 3.63) is 84.2 Å². The normalized spacial score (nSPS) is 11.8. The predicted molar refractivity (Wildman–Crippen MR) is 172 cm³/mol. The third-order valence-electron chi connectivity index (χ3n) is 8.45. The van der Waals surface area contributed by atoms with Crippen molar-refractivity contribution in [3.63, 3.8) is 0 Å². The third kappa shape index (κ3) is 9.10. The van der Waals surface area contributed by atoms with Crippen LogP contribution in [-0.4, -0.2) is 34.4 Å². The van der Waals surface area contributed by atoms with E-state index in [1.54, 1.807) is 24.3 Å². The molecule has 0 heterocycles. The van der Waals surface area contributed by atoms with Crippen LogP contribution >= 0.6 is 0 Å². The van der Waals surface area contributed by atoms with Crippen molar-refractivity contribution in [1.29, 1.82) is 0 Å². The molecule has 0 saturated carbocycles. The summed E-state index contributed by atoms with van der Waals surface area (Å²) < 4.78 is 0. The summed E-state index contributed by atoms with van der Waals surface area (Å²) in [4.78, 5) is 46.3. The van der Waals surface area contributed by atoms with Gasteiger partial charge in [0.25, 0.3) is 0 Å². The molecule has 41 heavy (non-hydrogen) atoms. The lowest BCUT2D eigenvalue weighted by atomic mass is 10.1. The maximum absolute atomic E-state index is 12.7. The van der Waals surface area contributed by atoms with E-state index in [2.05, 4.69) is 59.2 Å². The second kappa shape index (κ2) is 17.2. The topological polar surface area (TPSA) is 71.1 Å². The van der Waals surface area contributed by atoms with Crippen LogP contribution in [0.1, 0.15) is 87.4 Å². The number of carbonyl (C=O) groups excluding carboxylic acids is 2. The monoisotopic (exact) mass is 596 g/mol. The van der Waals surface area contributed by atoms with Gasteiger partial charge in [-0.2, -0.15) is 0 Å². The van der Waals surface area contributed by atoms with E-state index in [1.165, 1.54) is 10.4 Å². The van der Waals surface area contributed by atoms with Crippen LogP contribution in [0, 0.1) is 0 Å². The zero-order valence-electron chi connectivity index (χ0n) is 25.6. The van der Waals surface area contributed by atoms with Gasteiger partial charge in [0, 0.05) is 6.42 Å². The molecule has 2 rings (SSSR count). The molecule has 0 aliphatic carbocycles. The molecule has 0 spiro atoms. The molecule has 0 bridgehead atoms. The zero-order chi connectivity index (χ0) is 30.3. The summed E-state index contributed by atoms with van der Waals surface area (Å²) in [6.45, 7) is 19.0. The predicted octanol–water partition coefficient (Wildman–Crippen LogP) is 7.70. The number of rotatable bonds is 19. The summed E-state index contributed by atoms with van der Waals surface area (Å²) in [5.74, 6) is -1.28. The van der Waals surface area contributed by atoms with Crippen LogP contribution in [0.15, 0.2) is 73.1 Å². The second-order valence-corrected chi connectivity index (χ2v) is 19.9. The molecule has 0 aliphatic heterocycles. The molecule has 0 amide bonds. The molecule has 0 atom stereocenters. The Morgan fingerprint density at radius 3 is 1.37 bits per heavy atom. The first-order valence-corrected chi connectivity index (χ1v) is 20.0. The molecule has 224 valence electrons. The average molecular weight is 597 g/mol. The van der Waals surface area contributed by atoms with Gasteiger partial charge in [-0.3, -0.25) is 9.78 Å². The molecule has 8 heteroatoms. The van der Waals surface area contributed by atoms with Gasteiger partial charge in [0.05, 0.1) is 11.1 Å². The van der Waals surface area contributed by atoms with Crippen molar-refractivity contribution in [2.45, 2.75) is 97.2 Å². The molecular formula is C33H48O6Si2. The van der Waals surface area contributed by atoms with Gasteiger partial charge in [0.2, 0.25) is 6.29 Å². The lowest BCUT2D eigenvalue weighted by Gasteiger charge is -2.26. The summed E-state index contributed by atoms with van der Waals surface area (Å²) in [6, 6.07) is 19.1. The Hall–Kier alpha value is -2.79. The van der Waals surface area contributed by atoms with Crippen LogP contribution in [0.2, 0.25) is 24.2 Å². The number of carbonyl (C=O) groups is 2. The van der Waals surface area contributed by atoms with Crippen molar-refractivity contribution in [2.24, 2.45) is 0 Å². The van der Waals surface area contributed by atoms with E-state index >= 15 is 0 Å². The van der Waals surface area contributed by atoms with E-state index in [0.717, 1.165) is 49.9 Å².